The minimum Gasteiger partial charge on any atom is -0.325 e. The maximum Gasteiger partial charge on any atom is 0.238 e. The highest BCUT2D eigenvalue weighted by atomic mass is 16.2. The molecule has 0 aliphatic carbocycles. The third kappa shape index (κ3) is 3.79. The zero-order valence-corrected chi connectivity index (χ0v) is 13.8. The van der Waals surface area contributed by atoms with Gasteiger partial charge in [-0.25, -0.2) is 0 Å². The maximum atomic E-state index is 12.5. The second kappa shape index (κ2) is 6.96. The van der Waals surface area contributed by atoms with Crippen molar-refractivity contribution in [3.63, 3.8) is 0 Å². The lowest BCUT2D eigenvalue weighted by atomic mass is 9.97. The van der Waals surface area contributed by atoms with E-state index in [1.807, 2.05) is 31.5 Å². The van der Waals surface area contributed by atoms with Crippen molar-refractivity contribution in [2.24, 2.45) is 0 Å². The average Bonchev–Trinajstić information content (AvgIpc) is 3.05. The first kappa shape index (κ1) is 15.7. The molecule has 3 rings (SSSR count). The maximum absolute atomic E-state index is 12.5. The molecule has 1 aliphatic rings. The Morgan fingerprint density at radius 3 is 3.00 bits per heavy atom. The van der Waals surface area contributed by atoms with E-state index in [4.69, 9.17) is 0 Å². The molecule has 1 aromatic heterocycles. The van der Waals surface area contributed by atoms with E-state index in [1.54, 1.807) is 0 Å². The number of nitrogens with one attached hydrogen (secondary N) is 2. The van der Waals surface area contributed by atoms with E-state index in [0.29, 0.717) is 6.54 Å². The van der Waals surface area contributed by atoms with E-state index in [0.717, 1.165) is 30.6 Å². The summed E-state index contributed by atoms with van der Waals surface area (Å²) in [4.78, 5) is 14.7. The Morgan fingerprint density at radius 1 is 1.39 bits per heavy atom. The lowest BCUT2D eigenvalue weighted by Gasteiger charge is -2.34. The minimum absolute atomic E-state index is 0.0485. The molecule has 0 saturated carbocycles. The number of piperidine rings is 1. The van der Waals surface area contributed by atoms with Gasteiger partial charge in [-0.15, -0.1) is 0 Å². The summed E-state index contributed by atoms with van der Waals surface area (Å²) in [6.45, 7) is 5.46. The molecule has 1 aromatic carbocycles. The largest absolute Gasteiger partial charge is 0.325 e. The fraction of sp³-hybridized carbons (Fsp3) is 0.444. The molecule has 0 unspecified atom stereocenters. The first-order valence-corrected chi connectivity index (χ1v) is 8.23. The van der Waals surface area contributed by atoms with Crippen molar-refractivity contribution in [2.45, 2.75) is 39.2 Å². The van der Waals surface area contributed by atoms with E-state index < -0.39 is 0 Å². The van der Waals surface area contributed by atoms with Crippen LogP contribution in [0.4, 0.5) is 5.69 Å². The minimum atomic E-state index is 0.0485. The van der Waals surface area contributed by atoms with Gasteiger partial charge >= 0.3 is 0 Å². The third-order valence-electron chi connectivity index (χ3n) is 4.52. The molecule has 122 valence electrons. The van der Waals surface area contributed by atoms with Gasteiger partial charge in [0, 0.05) is 23.5 Å². The normalized spacial score (nSPS) is 18.8. The van der Waals surface area contributed by atoms with Gasteiger partial charge in [0.05, 0.1) is 12.7 Å². The van der Waals surface area contributed by atoms with Crippen molar-refractivity contribution in [3.8, 4) is 0 Å². The lowest BCUT2D eigenvalue weighted by Crippen LogP contribution is -2.39. The van der Waals surface area contributed by atoms with Gasteiger partial charge in [0.1, 0.15) is 0 Å². The first-order valence-electron chi connectivity index (χ1n) is 8.23. The van der Waals surface area contributed by atoms with Crippen LogP contribution >= 0.6 is 0 Å². The number of hydrogen-bond acceptors (Lipinski definition) is 3. The zero-order valence-electron chi connectivity index (χ0n) is 13.8. The van der Waals surface area contributed by atoms with Crippen LogP contribution in [0.25, 0.3) is 0 Å². The van der Waals surface area contributed by atoms with Crippen molar-refractivity contribution in [3.05, 3.63) is 47.3 Å². The fourth-order valence-corrected chi connectivity index (χ4v) is 3.33. The van der Waals surface area contributed by atoms with E-state index in [1.165, 1.54) is 17.5 Å². The van der Waals surface area contributed by atoms with Gasteiger partial charge in [0.25, 0.3) is 0 Å². The van der Waals surface area contributed by atoms with Crippen LogP contribution in [0.15, 0.2) is 30.6 Å². The van der Waals surface area contributed by atoms with Crippen LogP contribution in [0.5, 0.6) is 0 Å². The van der Waals surface area contributed by atoms with Crippen molar-refractivity contribution in [1.82, 2.24) is 15.1 Å². The molecule has 5 nitrogen and oxygen atoms in total. The quantitative estimate of drug-likeness (QED) is 0.911. The summed E-state index contributed by atoms with van der Waals surface area (Å²) < 4.78 is 0. The van der Waals surface area contributed by atoms with Crippen LogP contribution in [0.3, 0.4) is 0 Å². The SMILES string of the molecule is Cc1ccc(NC(=O)CN2CCCC[C@@H]2c2cn[nH]c2)c(C)c1. The van der Waals surface area contributed by atoms with Gasteiger partial charge in [-0.1, -0.05) is 24.1 Å². The Bertz CT molecular complexity index is 666. The number of aromatic nitrogens is 2. The number of amides is 1. The van der Waals surface area contributed by atoms with Crippen LogP contribution < -0.4 is 5.32 Å². The number of rotatable bonds is 4. The van der Waals surface area contributed by atoms with Crippen LogP contribution in [-0.2, 0) is 4.79 Å². The van der Waals surface area contributed by atoms with Crippen LogP contribution in [0.2, 0.25) is 0 Å². The molecule has 1 aliphatic heterocycles. The van der Waals surface area contributed by atoms with E-state index in [9.17, 15) is 4.79 Å². The molecule has 0 radical (unpaired) electrons. The Morgan fingerprint density at radius 2 is 2.26 bits per heavy atom. The second-order valence-electron chi connectivity index (χ2n) is 6.38. The smallest absolute Gasteiger partial charge is 0.238 e. The number of benzene rings is 1. The molecule has 0 bridgehead atoms. The summed E-state index contributed by atoms with van der Waals surface area (Å²) >= 11 is 0. The molecule has 2 heterocycles. The number of aromatic amines is 1. The number of anilines is 1. The van der Waals surface area contributed by atoms with Crippen molar-refractivity contribution < 1.29 is 4.79 Å². The van der Waals surface area contributed by atoms with Gasteiger partial charge in [-0.2, -0.15) is 5.10 Å². The first-order chi connectivity index (χ1) is 11.1. The summed E-state index contributed by atoms with van der Waals surface area (Å²) in [6, 6.07) is 6.38. The Labute approximate surface area is 137 Å². The van der Waals surface area contributed by atoms with Gasteiger partial charge in [0.2, 0.25) is 5.91 Å². The molecule has 1 atom stereocenters. The number of hydrogen-bond donors (Lipinski definition) is 2. The molecule has 23 heavy (non-hydrogen) atoms. The lowest BCUT2D eigenvalue weighted by molar-refractivity contribution is -0.118. The van der Waals surface area contributed by atoms with Gasteiger partial charge < -0.3 is 5.32 Å². The molecule has 1 saturated heterocycles. The number of carbonyl (C=O) groups is 1. The standard InChI is InChI=1S/C18H24N4O/c1-13-6-7-16(14(2)9-13)21-18(23)12-22-8-4-3-5-17(22)15-10-19-20-11-15/h6-7,9-11,17H,3-5,8,12H2,1-2H3,(H,19,20)(H,21,23)/t17-/m1/s1. The van der Waals surface area contributed by atoms with Crippen LogP contribution in [0, 0.1) is 13.8 Å². The molecule has 1 fully saturated rings. The molecular weight excluding hydrogens is 288 g/mol. The Balaban J connectivity index is 1.66. The molecule has 0 spiro atoms. The van der Waals surface area contributed by atoms with Crippen molar-refractivity contribution in [2.75, 3.05) is 18.4 Å². The number of carbonyl (C=O) groups excluding carboxylic acids is 1. The van der Waals surface area contributed by atoms with Crippen molar-refractivity contribution >= 4 is 11.6 Å². The van der Waals surface area contributed by atoms with Gasteiger partial charge in [-0.05, 0) is 44.9 Å². The zero-order chi connectivity index (χ0) is 16.2. The highest BCUT2D eigenvalue weighted by Crippen LogP contribution is 2.30. The Kier molecular flexibility index (Phi) is 4.76. The summed E-state index contributed by atoms with van der Waals surface area (Å²) in [7, 11) is 0. The third-order valence-corrected chi connectivity index (χ3v) is 4.52. The van der Waals surface area contributed by atoms with Crippen LogP contribution in [-0.4, -0.2) is 34.1 Å². The highest BCUT2D eigenvalue weighted by molar-refractivity contribution is 5.93. The summed E-state index contributed by atoms with van der Waals surface area (Å²) in [6.07, 6.45) is 7.22. The van der Waals surface area contributed by atoms with E-state index in [2.05, 4.69) is 33.4 Å². The molecule has 1 amide bonds. The predicted molar refractivity (Wildman–Crippen MR) is 91.3 cm³/mol. The number of aryl methyl sites for hydroxylation is 2. The molecule has 5 heteroatoms. The topological polar surface area (TPSA) is 61.0 Å². The van der Waals surface area contributed by atoms with E-state index in [-0.39, 0.29) is 11.9 Å². The Hall–Kier alpha value is -2.14. The molecule has 2 aromatic rings. The van der Waals surface area contributed by atoms with Crippen molar-refractivity contribution in [1.29, 1.82) is 0 Å². The highest BCUT2D eigenvalue weighted by Gasteiger charge is 2.26. The fourth-order valence-electron chi connectivity index (χ4n) is 3.33. The molecule has 2 N–H and O–H groups in total. The number of likely N-dealkylation sites (tertiary alicyclic amines) is 1. The second-order valence-corrected chi connectivity index (χ2v) is 6.38. The average molecular weight is 312 g/mol. The summed E-state index contributed by atoms with van der Waals surface area (Å²) in [5.41, 5.74) is 4.38. The van der Waals surface area contributed by atoms with Crippen LogP contribution in [0.1, 0.15) is 42.0 Å². The predicted octanol–water partition coefficient (Wildman–Crippen LogP) is 3.19. The van der Waals surface area contributed by atoms with Gasteiger partial charge in [0.15, 0.2) is 0 Å². The van der Waals surface area contributed by atoms with Gasteiger partial charge in [-0.3, -0.25) is 14.8 Å². The summed E-state index contributed by atoms with van der Waals surface area (Å²) in [5.74, 6) is 0.0485. The molecular formula is C18H24N4O. The number of H-pyrrole nitrogens is 1. The van der Waals surface area contributed by atoms with E-state index >= 15 is 0 Å². The monoisotopic (exact) mass is 312 g/mol. The number of nitrogens with zero attached hydrogens (tertiary/aromatic N) is 2. The summed E-state index contributed by atoms with van der Waals surface area (Å²) in [5, 5.41) is 9.97.